The van der Waals surface area contributed by atoms with Gasteiger partial charge >= 0.3 is 0 Å². The lowest BCUT2D eigenvalue weighted by Gasteiger charge is -2.06. The van der Waals surface area contributed by atoms with E-state index in [0.717, 1.165) is 47.8 Å². The molecule has 0 radical (unpaired) electrons. The van der Waals surface area contributed by atoms with Crippen LogP contribution in [0.4, 0.5) is 0 Å². The van der Waals surface area contributed by atoms with Crippen LogP contribution in [-0.2, 0) is 26.4 Å². The largest absolute Gasteiger partial charge is 0.352 e. The first-order chi connectivity index (χ1) is 11.6. The van der Waals surface area contributed by atoms with Crippen molar-refractivity contribution < 1.29 is 4.79 Å². The fourth-order valence-electron chi connectivity index (χ4n) is 3.22. The fraction of sp³-hybridized carbons (Fsp3) is 0.438. The lowest BCUT2D eigenvalue weighted by Crippen LogP contribution is -2.26. The normalized spacial score (nSPS) is 13.4. The van der Waals surface area contributed by atoms with Gasteiger partial charge < -0.3 is 9.88 Å². The van der Waals surface area contributed by atoms with Crippen molar-refractivity contribution in [2.24, 2.45) is 7.05 Å². The summed E-state index contributed by atoms with van der Waals surface area (Å²) in [6.45, 7) is 3.42. The maximum absolute atomic E-state index is 12.3. The maximum atomic E-state index is 12.3. The summed E-state index contributed by atoms with van der Waals surface area (Å²) < 4.78 is 3.87. The Bertz CT molecular complexity index is 924. The molecule has 8 nitrogen and oxygen atoms in total. The molecule has 1 aliphatic heterocycles. The minimum atomic E-state index is -0.131. The summed E-state index contributed by atoms with van der Waals surface area (Å²) in [4.78, 5) is 16.7. The van der Waals surface area contributed by atoms with Gasteiger partial charge in [0.2, 0.25) is 0 Å². The molecule has 0 fully saturated rings. The Kier molecular flexibility index (Phi) is 3.51. The molecule has 0 atom stereocenters. The number of rotatable bonds is 4. The second-order valence-corrected chi connectivity index (χ2v) is 6.10. The first-order valence-corrected chi connectivity index (χ1v) is 8.12. The van der Waals surface area contributed by atoms with Crippen LogP contribution in [0, 0.1) is 6.92 Å². The van der Waals surface area contributed by atoms with E-state index in [1.807, 2.05) is 20.0 Å². The minimum Gasteiger partial charge on any atom is -0.352 e. The van der Waals surface area contributed by atoms with Gasteiger partial charge in [-0.25, -0.2) is 4.98 Å². The van der Waals surface area contributed by atoms with Crippen LogP contribution in [0.1, 0.15) is 34.1 Å². The molecule has 0 saturated carbocycles. The number of fused-ring (bicyclic) bond motifs is 2. The van der Waals surface area contributed by atoms with Crippen LogP contribution in [0.25, 0.3) is 11.0 Å². The summed E-state index contributed by atoms with van der Waals surface area (Å²) in [6, 6.07) is 1.84. The summed E-state index contributed by atoms with van der Waals surface area (Å²) >= 11 is 0. The molecule has 124 valence electrons. The number of aryl methyl sites for hydroxylation is 3. The van der Waals surface area contributed by atoms with Gasteiger partial charge in [-0.1, -0.05) is 0 Å². The fourth-order valence-corrected chi connectivity index (χ4v) is 3.22. The Morgan fingerprint density at radius 3 is 3.12 bits per heavy atom. The van der Waals surface area contributed by atoms with Crippen molar-refractivity contribution in [2.45, 2.75) is 32.7 Å². The molecule has 1 aliphatic rings. The monoisotopic (exact) mass is 325 g/mol. The summed E-state index contributed by atoms with van der Waals surface area (Å²) in [6.07, 6.45) is 4.39. The number of nitrogens with one attached hydrogen (secondary N) is 1. The Morgan fingerprint density at radius 2 is 2.25 bits per heavy atom. The van der Waals surface area contributed by atoms with Gasteiger partial charge in [-0.3, -0.25) is 9.48 Å². The lowest BCUT2D eigenvalue weighted by molar-refractivity contribution is 0.0953. The van der Waals surface area contributed by atoms with E-state index < -0.39 is 0 Å². The van der Waals surface area contributed by atoms with Crippen molar-refractivity contribution in [1.29, 1.82) is 0 Å². The van der Waals surface area contributed by atoms with Gasteiger partial charge in [0, 0.05) is 44.6 Å². The standard InChI is InChI=1S/C16H19N7O/c1-10-12-8-11(9-18-15(12)22(2)21-10)16(24)17-6-5-14-20-19-13-4-3-7-23(13)14/h8-9H,3-7H2,1-2H3,(H,17,24). The number of amides is 1. The summed E-state index contributed by atoms with van der Waals surface area (Å²) in [7, 11) is 1.85. The van der Waals surface area contributed by atoms with Gasteiger partial charge in [0.25, 0.3) is 5.91 Å². The van der Waals surface area contributed by atoms with E-state index in [1.165, 1.54) is 0 Å². The van der Waals surface area contributed by atoms with Crippen molar-refractivity contribution >= 4 is 16.9 Å². The second kappa shape index (κ2) is 5.70. The van der Waals surface area contributed by atoms with Crippen molar-refractivity contribution in [3.8, 4) is 0 Å². The van der Waals surface area contributed by atoms with E-state index in [4.69, 9.17) is 0 Å². The highest BCUT2D eigenvalue weighted by Gasteiger charge is 2.17. The molecule has 1 amide bonds. The summed E-state index contributed by atoms with van der Waals surface area (Å²) in [5, 5.41) is 16.5. The minimum absolute atomic E-state index is 0.131. The highest BCUT2D eigenvalue weighted by molar-refractivity contribution is 5.97. The van der Waals surface area contributed by atoms with Crippen LogP contribution in [0.5, 0.6) is 0 Å². The first-order valence-electron chi connectivity index (χ1n) is 8.12. The van der Waals surface area contributed by atoms with E-state index >= 15 is 0 Å². The van der Waals surface area contributed by atoms with Crippen molar-refractivity contribution in [1.82, 2.24) is 34.8 Å². The third-order valence-electron chi connectivity index (χ3n) is 4.45. The molecule has 3 aromatic rings. The molecule has 4 rings (SSSR count). The average Bonchev–Trinajstić information content (AvgIpc) is 3.24. The second-order valence-electron chi connectivity index (χ2n) is 6.10. The smallest absolute Gasteiger partial charge is 0.252 e. The zero-order chi connectivity index (χ0) is 16.7. The molecule has 0 spiro atoms. The van der Waals surface area contributed by atoms with Crippen LogP contribution in [0.15, 0.2) is 12.3 Å². The predicted molar refractivity (Wildman–Crippen MR) is 87.6 cm³/mol. The molecule has 3 aromatic heterocycles. The molecular weight excluding hydrogens is 306 g/mol. The first kappa shape index (κ1) is 14.8. The van der Waals surface area contributed by atoms with Gasteiger partial charge in [-0.05, 0) is 19.4 Å². The van der Waals surface area contributed by atoms with Gasteiger partial charge in [-0.2, -0.15) is 5.10 Å². The van der Waals surface area contributed by atoms with Gasteiger partial charge in [0.1, 0.15) is 11.6 Å². The molecule has 0 unspecified atom stereocenters. The quantitative estimate of drug-likeness (QED) is 0.766. The van der Waals surface area contributed by atoms with Crippen LogP contribution in [0.3, 0.4) is 0 Å². The molecule has 1 N–H and O–H groups in total. The zero-order valence-corrected chi connectivity index (χ0v) is 13.8. The summed E-state index contributed by atoms with van der Waals surface area (Å²) in [5.74, 6) is 1.87. The Hall–Kier alpha value is -2.77. The van der Waals surface area contributed by atoms with Crippen LogP contribution in [0.2, 0.25) is 0 Å². The summed E-state index contributed by atoms with van der Waals surface area (Å²) in [5.41, 5.74) is 2.20. The molecule has 0 bridgehead atoms. The van der Waals surface area contributed by atoms with E-state index in [-0.39, 0.29) is 5.91 Å². The van der Waals surface area contributed by atoms with Crippen molar-refractivity contribution in [3.63, 3.8) is 0 Å². The topological polar surface area (TPSA) is 90.5 Å². The number of hydrogen-bond donors (Lipinski definition) is 1. The highest BCUT2D eigenvalue weighted by atomic mass is 16.1. The van der Waals surface area contributed by atoms with Crippen molar-refractivity contribution in [3.05, 3.63) is 35.2 Å². The van der Waals surface area contributed by atoms with Gasteiger partial charge in [0.05, 0.1) is 11.3 Å². The maximum Gasteiger partial charge on any atom is 0.252 e. The van der Waals surface area contributed by atoms with Crippen LogP contribution < -0.4 is 5.32 Å². The molecule has 24 heavy (non-hydrogen) atoms. The number of aromatic nitrogens is 6. The van der Waals surface area contributed by atoms with Crippen LogP contribution in [-0.4, -0.2) is 42.0 Å². The van der Waals surface area contributed by atoms with E-state index in [0.29, 0.717) is 18.5 Å². The molecule has 8 heteroatoms. The Morgan fingerprint density at radius 1 is 1.38 bits per heavy atom. The van der Waals surface area contributed by atoms with E-state index in [2.05, 4.69) is 30.2 Å². The SMILES string of the molecule is Cc1nn(C)c2ncc(C(=O)NCCc3nnc4n3CCC4)cc12. The average molecular weight is 325 g/mol. The Balaban J connectivity index is 1.43. The lowest BCUT2D eigenvalue weighted by atomic mass is 10.2. The highest BCUT2D eigenvalue weighted by Crippen LogP contribution is 2.17. The number of pyridine rings is 1. The molecular formula is C16H19N7O. The van der Waals surface area contributed by atoms with E-state index in [9.17, 15) is 4.79 Å². The number of carbonyl (C=O) groups excluding carboxylic acids is 1. The molecule has 4 heterocycles. The zero-order valence-electron chi connectivity index (χ0n) is 13.8. The molecule has 0 saturated heterocycles. The number of nitrogens with zero attached hydrogens (tertiary/aromatic N) is 6. The Labute approximate surface area is 138 Å². The van der Waals surface area contributed by atoms with Gasteiger partial charge in [0.15, 0.2) is 5.65 Å². The molecule has 0 aliphatic carbocycles. The molecule has 0 aromatic carbocycles. The number of carbonyl (C=O) groups is 1. The number of hydrogen-bond acceptors (Lipinski definition) is 5. The predicted octanol–water partition coefficient (Wildman–Crippen LogP) is 0.787. The van der Waals surface area contributed by atoms with E-state index in [1.54, 1.807) is 10.9 Å². The third-order valence-corrected chi connectivity index (χ3v) is 4.45. The third kappa shape index (κ3) is 2.44. The van der Waals surface area contributed by atoms with Crippen LogP contribution >= 0.6 is 0 Å². The van der Waals surface area contributed by atoms with Crippen molar-refractivity contribution in [2.75, 3.05) is 6.54 Å². The van der Waals surface area contributed by atoms with Gasteiger partial charge in [-0.15, -0.1) is 10.2 Å².